The van der Waals surface area contributed by atoms with Gasteiger partial charge in [-0.05, 0) is 24.6 Å². The first kappa shape index (κ1) is 12.3. The summed E-state index contributed by atoms with van der Waals surface area (Å²) in [5, 5.41) is 14.2. The fourth-order valence-corrected chi connectivity index (χ4v) is 1.34. The average Bonchev–Trinajstić information content (AvgIpc) is 2.27. The molecule has 0 aliphatic rings. The number of nitrogens with zero attached hydrogens (tertiary/aromatic N) is 1. The van der Waals surface area contributed by atoms with E-state index in [-0.39, 0.29) is 19.0 Å². The maximum absolute atomic E-state index is 11.2. The molecular formula is C11H12ClN3O. The molecule has 0 spiro atoms. The smallest absolute Gasteiger partial charge is 0.240 e. The minimum absolute atomic E-state index is 0.0159. The Morgan fingerprint density at radius 2 is 2.31 bits per heavy atom. The summed E-state index contributed by atoms with van der Waals surface area (Å²) in [4.78, 5) is 11.2. The molecule has 0 radical (unpaired) electrons. The van der Waals surface area contributed by atoms with Crippen LogP contribution in [-0.4, -0.2) is 19.0 Å². The fourth-order valence-electron chi connectivity index (χ4n) is 1.15. The topological polar surface area (TPSA) is 64.9 Å². The van der Waals surface area contributed by atoms with Crippen molar-refractivity contribution in [3.8, 4) is 6.07 Å². The molecule has 16 heavy (non-hydrogen) atoms. The number of carbonyl (C=O) groups is 1. The second-order valence-electron chi connectivity index (χ2n) is 3.27. The Hall–Kier alpha value is -1.73. The number of aryl methyl sites for hydroxylation is 1. The summed E-state index contributed by atoms with van der Waals surface area (Å²) in [6.45, 7) is 2.06. The van der Waals surface area contributed by atoms with Crippen LogP contribution in [0.25, 0.3) is 0 Å². The highest BCUT2D eigenvalue weighted by molar-refractivity contribution is 6.33. The Morgan fingerprint density at radius 3 is 3.00 bits per heavy atom. The zero-order valence-electron chi connectivity index (χ0n) is 8.88. The van der Waals surface area contributed by atoms with Gasteiger partial charge >= 0.3 is 0 Å². The molecule has 0 aromatic heterocycles. The van der Waals surface area contributed by atoms with Crippen molar-refractivity contribution >= 4 is 23.2 Å². The molecule has 2 N–H and O–H groups in total. The molecule has 1 aromatic rings. The molecule has 1 rings (SSSR count). The van der Waals surface area contributed by atoms with Crippen LogP contribution >= 0.6 is 11.6 Å². The van der Waals surface area contributed by atoms with E-state index in [4.69, 9.17) is 16.9 Å². The van der Waals surface area contributed by atoms with Crippen LogP contribution in [0.4, 0.5) is 5.69 Å². The highest BCUT2D eigenvalue weighted by Crippen LogP contribution is 2.22. The molecule has 1 amide bonds. The van der Waals surface area contributed by atoms with Gasteiger partial charge in [-0.3, -0.25) is 4.79 Å². The van der Waals surface area contributed by atoms with Crippen LogP contribution in [0.3, 0.4) is 0 Å². The van der Waals surface area contributed by atoms with E-state index in [0.29, 0.717) is 10.7 Å². The van der Waals surface area contributed by atoms with Gasteiger partial charge < -0.3 is 10.6 Å². The monoisotopic (exact) mass is 237 g/mol. The minimum Gasteiger partial charge on any atom is -0.375 e. The quantitative estimate of drug-likeness (QED) is 0.784. The molecule has 0 atom stereocenters. The lowest BCUT2D eigenvalue weighted by Gasteiger charge is -2.08. The van der Waals surface area contributed by atoms with Gasteiger partial charge in [-0.25, -0.2) is 0 Å². The summed E-state index contributed by atoms with van der Waals surface area (Å²) in [5.74, 6) is -0.237. The third kappa shape index (κ3) is 3.79. The van der Waals surface area contributed by atoms with Gasteiger partial charge in [0.2, 0.25) is 5.91 Å². The Labute approximate surface area is 99.2 Å². The second kappa shape index (κ2) is 5.99. The predicted molar refractivity (Wildman–Crippen MR) is 63.3 cm³/mol. The maximum atomic E-state index is 11.2. The van der Waals surface area contributed by atoms with Gasteiger partial charge in [-0.15, -0.1) is 0 Å². The van der Waals surface area contributed by atoms with Crippen molar-refractivity contribution in [1.29, 1.82) is 5.26 Å². The van der Waals surface area contributed by atoms with E-state index >= 15 is 0 Å². The van der Waals surface area contributed by atoms with E-state index in [1.54, 1.807) is 6.07 Å². The largest absolute Gasteiger partial charge is 0.375 e. The van der Waals surface area contributed by atoms with E-state index in [2.05, 4.69) is 10.6 Å². The second-order valence-corrected chi connectivity index (χ2v) is 3.68. The van der Waals surface area contributed by atoms with Gasteiger partial charge in [0.25, 0.3) is 0 Å². The third-order valence-electron chi connectivity index (χ3n) is 1.93. The molecule has 0 aliphatic carbocycles. The lowest BCUT2D eigenvalue weighted by molar-refractivity contribution is -0.119. The van der Waals surface area contributed by atoms with Gasteiger partial charge in [-0.1, -0.05) is 17.7 Å². The molecule has 5 heteroatoms. The first-order valence-corrected chi connectivity index (χ1v) is 5.15. The van der Waals surface area contributed by atoms with Crippen LogP contribution in [0.15, 0.2) is 18.2 Å². The van der Waals surface area contributed by atoms with Crippen molar-refractivity contribution in [1.82, 2.24) is 5.32 Å². The zero-order chi connectivity index (χ0) is 12.0. The van der Waals surface area contributed by atoms with Crippen molar-refractivity contribution < 1.29 is 4.79 Å². The predicted octanol–water partition coefficient (Wildman–Crippen LogP) is 1.70. The third-order valence-corrected chi connectivity index (χ3v) is 2.26. The Morgan fingerprint density at radius 1 is 1.56 bits per heavy atom. The minimum atomic E-state index is -0.237. The molecule has 0 saturated heterocycles. The number of nitriles is 1. The number of amides is 1. The number of benzene rings is 1. The number of nitrogens with one attached hydrogen (secondary N) is 2. The molecule has 4 nitrogen and oxygen atoms in total. The molecule has 0 heterocycles. The Bertz CT molecular complexity index is 426. The Kier molecular flexibility index (Phi) is 4.62. The van der Waals surface area contributed by atoms with Crippen LogP contribution in [0.1, 0.15) is 5.56 Å². The van der Waals surface area contributed by atoms with Gasteiger partial charge in [0.15, 0.2) is 0 Å². The summed E-state index contributed by atoms with van der Waals surface area (Å²) in [6.07, 6.45) is 0. The highest BCUT2D eigenvalue weighted by Gasteiger charge is 2.03. The zero-order valence-corrected chi connectivity index (χ0v) is 9.64. The normalized spacial score (nSPS) is 9.31. The van der Waals surface area contributed by atoms with E-state index in [1.807, 2.05) is 25.1 Å². The van der Waals surface area contributed by atoms with Crippen molar-refractivity contribution in [2.45, 2.75) is 6.92 Å². The number of rotatable bonds is 4. The van der Waals surface area contributed by atoms with Gasteiger partial charge in [-0.2, -0.15) is 5.26 Å². The summed E-state index contributed by atoms with van der Waals surface area (Å²) in [5.41, 5.74) is 1.78. The first-order chi connectivity index (χ1) is 7.63. The molecule has 0 fully saturated rings. The summed E-state index contributed by atoms with van der Waals surface area (Å²) < 4.78 is 0. The SMILES string of the molecule is Cc1ccc(Cl)c(NCC(=O)NCC#N)c1. The van der Waals surface area contributed by atoms with Crippen LogP contribution in [0, 0.1) is 18.3 Å². The molecule has 0 bridgehead atoms. The van der Waals surface area contributed by atoms with Gasteiger partial charge in [0, 0.05) is 0 Å². The lowest BCUT2D eigenvalue weighted by Crippen LogP contribution is -2.30. The number of halogens is 1. The van der Waals surface area contributed by atoms with E-state index in [0.717, 1.165) is 5.56 Å². The van der Waals surface area contributed by atoms with E-state index in [9.17, 15) is 4.79 Å². The summed E-state index contributed by atoms with van der Waals surface area (Å²) in [6, 6.07) is 7.35. The Balaban J connectivity index is 2.51. The fraction of sp³-hybridized carbons (Fsp3) is 0.273. The van der Waals surface area contributed by atoms with Crippen molar-refractivity contribution in [2.75, 3.05) is 18.4 Å². The molecule has 84 valence electrons. The summed E-state index contributed by atoms with van der Waals surface area (Å²) in [7, 11) is 0. The average molecular weight is 238 g/mol. The summed E-state index contributed by atoms with van der Waals surface area (Å²) >= 11 is 5.94. The van der Waals surface area contributed by atoms with Gasteiger partial charge in [0.05, 0.1) is 23.3 Å². The maximum Gasteiger partial charge on any atom is 0.240 e. The molecule has 0 unspecified atom stereocenters. The molecule has 0 saturated carbocycles. The van der Waals surface area contributed by atoms with Crippen LogP contribution in [0.5, 0.6) is 0 Å². The van der Waals surface area contributed by atoms with Crippen molar-refractivity contribution in [3.63, 3.8) is 0 Å². The molecule has 1 aromatic carbocycles. The van der Waals surface area contributed by atoms with Crippen LogP contribution in [0.2, 0.25) is 5.02 Å². The van der Waals surface area contributed by atoms with E-state index < -0.39 is 0 Å². The van der Waals surface area contributed by atoms with Crippen molar-refractivity contribution in [2.24, 2.45) is 0 Å². The number of hydrogen-bond donors (Lipinski definition) is 2. The van der Waals surface area contributed by atoms with E-state index in [1.165, 1.54) is 0 Å². The number of hydrogen-bond acceptors (Lipinski definition) is 3. The highest BCUT2D eigenvalue weighted by atomic mass is 35.5. The number of carbonyl (C=O) groups excluding carboxylic acids is 1. The first-order valence-electron chi connectivity index (χ1n) is 4.77. The van der Waals surface area contributed by atoms with Crippen LogP contribution < -0.4 is 10.6 Å². The standard InChI is InChI=1S/C11H12ClN3O/c1-8-2-3-9(12)10(6-8)15-7-11(16)14-5-4-13/h2-3,6,15H,5,7H2,1H3,(H,14,16). The van der Waals surface area contributed by atoms with Crippen molar-refractivity contribution in [3.05, 3.63) is 28.8 Å². The lowest BCUT2D eigenvalue weighted by atomic mass is 10.2. The molecule has 0 aliphatic heterocycles. The van der Waals surface area contributed by atoms with Gasteiger partial charge in [0.1, 0.15) is 6.54 Å². The molecular weight excluding hydrogens is 226 g/mol. The number of anilines is 1. The van der Waals surface area contributed by atoms with Crippen LogP contribution in [-0.2, 0) is 4.79 Å².